The Morgan fingerprint density at radius 1 is 1.03 bits per heavy atom. The number of fused-ring (bicyclic) bond motifs is 1. The smallest absolute Gasteiger partial charge is 0.348 e. The highest BCUT2D eigenvalue weighted by molar-refractivity contribution is 6.07. The molecule has 3 amide bonds. The van der Waals surface area contributed by atoms with Gasteiger partial charge in [0.05, 0.1) is 25.9 Å². The summed E-state index contributed by atoms with van der Waals surface area (Å²) in [6, 6.07) is 13.7. The number of methoxy groups -OCH3 is 1. The van der Waals surface area contributed by atoms with Crippen molar-refractivity contribution in [3.8, 4) is 5.75 Å². The Morgan fingerprint density at radius 2 is 1.70 bits per heavy atom. The molecular weight excluding hydrogens is 388 g/mol. The van der Waals surface area contributed by atoms with Gasteiger partial charge in [-0.05, 0) is 29.8 Å². The third-order valence-electron chi connectivity index (χ3n) is 5.18. The fourth-order valence-corrected chi connectivity index (χ4v) is 3.57. The monoisotopic (exact) mass is 408 g/mol. The Bertz CT molecular complexity index is 1000. The highest BCUT2D eigenvalue weighted by atomic mass is 16.6. The lowest BCUT2D eigenvalue weighted by Crippen LogP contribution is -2.47. The normalized spacial score (nSPS) is 18.1. The summed E-state index contributed by atoms with van der Waals surface area (Å²) in [4.78, 5) is 51.5. The highest BCUT2D eigenvalue weighted by Gasteiger charge is 2.35. The lowest BCUT2D eigenvalue weighted by Gasteiger charge is -2.33. The van der Waals surface area contributed by atoms with Gasteiger partial charge in [-0.3, -0.25) is 19.3 Å². The zero-order chi connectivity index (χ0) is 21.3. The summed E-state index contributed by atoms with van der Waals surface area (Å²) in [5.74, 6) is -0.787. The summed E-state index contributed by atoms with van der Waals surface area (Å²) in [6.45, 7) is 0.220. The van der Waals surface area contributed by atoms with Gasteiger partial charge in [-0.15, -0.1) is 0 Å². The van der Waals surface area contributed by atoms with Crippen LogP contribution in [0.25, 0.3) is 0 Å². The van der Waals surface area contributed by atoms with E-state index in [-0.39, 0.29) is 43.7 Å². The summed E-state index contributed by atoms with van der Waals surface area (Å²) >= 11 is 0. The van der Waals surface area contributed by atoms with Crippen LogP contribution in [0.3, 0.4) is 0 Å². The molecule has 0 spiro atoms. The molecule has 154 valence electrons. The van der Waals surface area contributed by atoms with Gasteiger partial charge in [0, 0.05) is 18.4 Å². The maximum atomic E-state index is 13.2. The van der Waals surface area contributed by atoms with Gasteiger partial charge < -0.3 is 14.4 Å². The third kappa shape index (κ3) is 3.63. The minimum Gasteiger partial charge on any atom is -0.475 e. The van der Waals surface area contributed by atoms with Crippen molar-refractivity contribution in [2.75, 3.05) is 18.6 Å². The molecule has 1 fully saturated rings. The van der Waals surface area contributed by atoms with Gasteiger partial charge >= 0.3 is 5.97 Å². The number of likely N-dealkylation sites (tertiary alicyclic amines) is 1. The Balaban J connectivity index is 1.55. The lowest BCUT2D eigenvalue weighted by molar-refractivity contribution is -0.148. The Kier molecular flexibility index (Phi) is 5.22. The van der Waals surface area contributed by atoms with Crippen molar-refractivity contribution in [2.24, 2.45) is 0 Å². The number of hydrogen-bond acceptors (Lipinski definition) is 6. The van der Waals surface area contributed by atoms with E-state index < -0.39 is 12.1 Å². The first kappa shape index (κ1) is 19.6. The van der Waals surface area contributed by atoms with Crippen molar-refractivity contribution in [3.63, 3.8) is 0 Å². The van der Waals surface area contributed by atoms with Crippen LogP contribution in [0.1, 0.15) is 28.8 Å². The first-order valence-corrected chi connectivity index (χ1v) is 9.55. The van der Waals surface area contributed by atoms with Crippen molar-refractivity contribution >= 4 is 29.4 Å². The SMILES string of the molecule is COC(=O)[C@H]1CN(C(=O)c2ccc(CN3C(=O)CCC3=O)cc2)c2ccccc2O1. The summed E-state index contributed by atoms with van der Waals surface area (Å²) < 4.78 is 10.4. The number of para-hydroxylation sites is 2. The first-order chi connectivity index (χ1) is 14.5. The van der Waals surface area contributed by atoms with Gasteiger partial charge in [-0.25, -0.2) is 4.79 Å². The molecule has 0 radical (unpaired) electrons. The van der Waals surface area contributed by atoms with Gasteiger partial charge in [0.15, 0.2) is 0 Å². The molecule has 2 aromatic rings. The maximum absolute atomic E-state index is 13.2. The number of anilines is 1. The van der Waals surface area contributed by atoms with Crippen LogP contribution < -0.4 is 9.64 Å². The van der Waals surface area contributed by atoms with E-state index in [1.165, 1.54) is 16.9 Å². The number of hydrogen-bond donors (Lipinski definition) is 0. The molecule has 1 saturated heterocycles. The molecule has 0 aromatic heterocycles. The second kappa shape index (κ2) is 7.98. The van der Waals surface area contributed by atoms with E-state index in [0.29, 0.717) is 17.0 Å². The summed E-state index contributed by atoms with van der Waals surface area (Å²) in [7, 11) is 1.27. The van der Waals surface area contributed by atoms with E-state index in [4.69, 9.17) is 9.47 Å². The van der Waals surface area contributed by atoms with E-state index in [1.54, 1.807) is 48.5 Å². The molecule has 0 N–H and O–H groups in total. The Hall–Kier alpha value is -3.68. The molecular formula is C22H20N2O6. The Labute approximate surface area is 173 Å². The molecule has 8 nitrogen and oxygen atoms in total. The van der Waals surface area contributed by atoms with Crippen LogP contribution in [0.15, 0.2) is 48.5 Å². The summed E-state index contributed by atoms with van der Waals surface area (Å²) in [5.41, 5.74) is 1.74. The topological polar surface area (TPSA) is 93.2 Å². The van der Waals surface area contributed by atoms with Crippen LogP contribution in [-0.4, -0.2) is 48.3 Å². The number of amides is 3. The average molecular weight is 408 g/mol. The maximum Gasteiger partial charge on any atom is 0.348 e. The number of carbonyl (C=O) groups is 4. The molecule has 2 aliphatic heterocycles. The van der Waals surface area contributed by atoms with Crippen LogP contribution in [0.2, 0.25) is 0 Å². The molecule has 8 heteroatoms. The quantitative estimate of drug-likeness (QED) is 0.567. The second-order valence-corrected chi connectivity index (χ2v) is 7.08. The zero-order valence-corrected chi connectivity index (χ0v) is 16.4. The standard InChI is InChI=1S/C22H20N2O6/c1-29-22(28)18-13-23(16-4-2-3-5-17(16)30-18)21(27)15-8-6-14(7-9-15)12-24-19(25)10-11-20(24)26/h2-9,18H,10-13H2,1H3/t18-/m1/s1. The summed E-state index contributed by atoms with van der Waals surface area (Å²) in [6.07, 6.45) is -0.430. The largest absolute Gasteiger partial charge is 0.475 e. The molecule has 2 heterocycles. The fourth-order valence-electron chi connectivity index (χ4n) is 3.57. The van der Waals surface area contributed by atoms with Crippen LogP contribution >= 0.6 is 0 Å². The number of rotatable bonds is 4. The number of esters is 1. The van der Waals surface area contributed by atoms with Crippen molar-refractivity contribution in [2.45, 2.75) is 25.5 Å². The van der Waals surface area contributed by atoms with Gasteiger partial charge in [0.2, 0.25) is 17.9 Å². The van der Waals surface area contributed by atoms with Gasteiger partial charge in [-0.2, -0.15) is 0 Å². The Morgan fingerprint density at radius 3 is 2.37 bits per heavy atom. The van der Waals surface area contributed by atoms with Crippen molar-refractivity contribution in [1.29, 1.82) is 0 Å². The zero-order valence-electron chi connectivity index (χ0n) is 16.4. The van der Waals surface area contributed by atoms with Crippen LogP contribution in [0.4, 0.5) is 5.69 Å². The van der Waals surface area contributed by atoms with E-state index in [0.717, 1.165) is 5.56 Å². The van der Waals surface area contributed by atoms with E-state index in [2.05, 4.69) is 0 Å². The minimum absolute atomic E-state index is 0.0288. The van der Waals surface area contributed by atoms with E-state index in [9.17, 15) is 19.2 Å². The highest BCUT2D eigenvalue weighted by Crippen LogP contribution is 2.34. The molecule has 0 bridgehead atoms. The number of carbonyl (C=O) groups excluding carboxylic acids is 4. The molecule has 0 saturated carbocycles. The van der Waals surface area contributed by atoms with Crippen LogP contribution in [-0.2, 0) is 25.7 Å². The second-order valence-electron chi connectivity index (χ2n) is 7.08. The number of nitrogens with zero attached hydrogens (tertiary/aromatic N) is 2. The van der Waals surface area contributed by atoms with E-state index >= 15 is 0 Å². The van der Waals surface area contributed by atoms with Crippen molar-refractivity contribution in [1.82, 2.24) is 4.90 Å². The molecule has 4 rings (SSSR count). The number of ether oxygens (including phenoxy) is 2. The third-order valence-corrected chi connectivity index (χ3v) is 5.18. The molecule has 0 unspecified atom stereocenters. The van der Waals surface area contributed by atoms with Crippen LogP contribution in [0.5, 0.6) is 5.75 Å². The van der Waals surface area contributed by atoms with Gasteiger partial charge in [-0.1, -0.05) is 24.3 Å². The predicted molar refractivity (Wildman–Crippen MR) is 106 cm³/mol. The molecule has 2 aliphatic rings. The molecule has 30 heavy (non-hydrogen) atoms. The summed E-state index contributed by atoms with van der Waals surface area (Å²) in [5, 5.41) is 0. The van der Waals surface area contributed by atoms with E-state index in [1.807, 2.05) is 0 Å². The van der Waals surface area contributed by atoms with Gasteiger partial charge in [0.1, 0.15) is 5.75 Å². The van der Waals surface area contributed by atoms with Crippen molar-refractivity contribution in [3.05, 3.63) is 59.7 Å². The average Bonchev–Trinajstić information content (AvgIpc) is 3.09. The molecule has 0 aliphatic carbocycles. The van der Waals surface area contributed by atoms with Crippen LogP contribution in [0, 0.1) is 0 Å². The van der Waals surface area contributed by atoms with Crippen molar-refractivity contribution < 1.29 is 28.7 Å². The number of imide groups is 1. The lowest BCUT2D eigenvalue weighted by atomic mass is 10.1. The van der Waals surface area contributed by atoms with Gasteiger partial charge in [0.25, 0.3) is 5.91 Å². The minimum atomic E-state index is -0.916. The predicted octanol–water partition coefficient (Wildman–Crippen LogP) is 1.92. The number of benzene rings is 2. The molecule has 1 atom stereocenters. The molecule has 2 aromatic carbocycles. The fraction of sp³-hybridized carbons (Fsp3) is 0.273. The first-order valence-electron chi connectivity index (χ1n) is 9.55.